The zero-order valence-corrected chi connectivity index (χ0v) is 15.4. The molecule has 144 valence electrons. The van der Waals surface area contributed by atoms with Crippen molar-refractivity contribution in [3.05, 3.63) is 59.7 Å². The Labute approximate surface area is 159 Å². The summed E-state index contributed by atoms with van der Waals surface area (Å²) in [6.07, 6.45) is 1.45. The number of hydrogen-bond donors (Lipinski definition) is 1. The summed E-state index contributed by atoms with van der Waals surface area (Å²) < 4.78 is 11.2. The van der Waals surface area contributed by atoms with Gasteiger partial charge in [-0.25, -0.2) is 0 Å². The molecular weight excluding hydrogens is 346 g/mol. The zero-order valence-electron chi connectivity index (χ0n) is 15.4. The maximum atomic E-state index is 11.6. The highest BCUT2D eigenvalue weighted by atomic mass is 16.5. The summed E-state index contributed by atoms with van der Waals surface area (Å²) in [5.41, 5.74) is 2.11. The Morgan fingerprint density at radius 2 is 1.78 bits per heavy atom. The Balaban J connectivity index is 1.80. The summed E-state index contributed by atoms with van der Waals surface area (Å²) in [5, 5.41) is 13.0. The summed E-state index contributed by atoms with van der Waals surface area (Å²) in [5.74, 6) is -0.325. The second-order valence-electron chi connectivity index (χ2n) is 6.07. The lowest BCUT2D eigenvalue weighted by Crippen LogP contribution is -2.27. The highest BCUT2D eigenvalue weighted by molar-refractivity contribution is 5.79. The van der Waals surface area contributed by atoms with Crippen molar-refractivity contribution in [1.29, 1.82) is 0 Å². The molecule has 2 rings (SSSR count). The van der Waals surface area contributed by atoms with E-state index in [9.17, 15) is 14.7 Å². The van der Waals surface area contributed by atoms with Crippen LogP contribution in [0.1, 0.15) is 30.4 Å². The van der Waals surface area contributed by atoms with Gasteiger partial charge >= 0.3 is 0 Å². The van der Waals surface area contributed by atoms with Crippen LogP contribution >= 0.6 is 0 Å². The summed E-state index contributed by atoms with van der Waals surface area (Å²) >= 11 is 0. The van der Waals surface area contributed by atoms with Crippen LogP contribution in [-0.2, 0) is 22.6 Å². The van der Waals surface area contributed by atoms with Gasteiger partial charge in [0.2, 0.25) is 5.91 Å². The van der Waals surface area contributed by atoms with E-state index in [2.05, 4.69) is 17.4 Å². The number of ether oxygens (including phenoxy) is 2. The number of benzene rings is 2. The quantitative estimate of drug-likeness (QED) is 0.610. The van der Waals surface area contributed by atoms with E-state index in [0.717, 1.165) is 18.4 Å². The highest BCUT2D eigenvalue weighted by Gasteiger charge is 2.07. The Bertz CT molecular complexity index is 745. The fourth-order valence-corrected chi connectivity index (χ4v) is 2.55. The molecule has 2 aromatic carbocycles. The van der Waals surface area contributed by atoms with Gasteiger partial charge in [-0.05, 0) is 42.5 Å². The first kappa shape index (κ1) is 20.3. The fourth-order valence-electron chi connectivity index (χ4n) is 2.55. The molecule has 0 atom stereocenters. The number of carbonyl (C=O) groups is 2. The van der Waals surface area contributed by atoms with Crippen LogP contribution in [0, 0.1) is 0 Å². The van der Waals surface area contributed by atoms with Crippen LogP contribution in [-0.4, -0.2) is 25.6 Å². The van der Waals surface area contributed by atoms with E-state index >= 15 is 0 Å². The van der Waals surface area contributed by atoms with Gasteiger partial charge in [-0.3, -0.25) is 4.79 Å². The second-order valence-corrected chi connectivity index (χ2v) is 6.07. The minimum Gasteiger partial charge on any atom is -0.550 e. The SMILES string of the molecule is COc1cc(CNC(=O)CCC(=O)[O-])ccc1OCCCc1ccccc1. The number of carboxylic acids is 1. The number of methoxy groups -OCH3 is 1. The van der Waals surface area contributed by atoms with Crippen LogP contribution in [0.15, 0.2) is 48.5 Å². The van der Waals surface area contributed by atoms with Crippen LogP contribution in [0.2, 0.25) is 0 Å². The molecule has 0 aliphatic rings. The fraction of sp³-hybridized carbons (Fsp3) is 0.333. The minimum absolute atomic E-state index is 0.0952. The van der Waals surface area contributed by atoms with E-state index < -0.39 is 5.97 Å². The molecule has 1 amide bonds. The van der Waals surface area contributed by atoms with Crippen molar-refractivity contribution in [3.8, 4) is 11.5 Å². The Morgan fingerprint density at radius 3 is 2.48 bits per heavy atom. The molecule has 1 N–H and O–H groups in total. The maximum Gasteiger partial charge on any atom is 0.220 e. The van der Waals surface area contributed by atoms with Gasteiger partial charge in [0.25, 0.3) is 0 Å². The number of rotatable bonds is 11. The molecule has 2 aromatic rings. The molecule has 0 aliphatic heterocycles. The Morgan fingerprint density at radius 1 is 1.00 bits per heavy atom. The van der Waals surface area contributed by atoms with Crippen molar-refractivity contribution >= 4 is 11.9 Å². The topological polar surface area (TPSA) is 87.7 Å². The number of nitrogens with one attached hydrogen (secondary N) is 1. The molecule has 6 nitrogen and oxygen atoms in total. The summed E-state index contributed by atoms with van der Waals surface area (Å²) in [6, 6.07) is 15.7. The van der Waals surface area contributed by atoms with Crippen LogP contribution in [0.25, 0.3) is 0 Å². The van der Waals surface area contributed by atoms with Crippen molar-refractivity contribution in [2.24, 2.45) is 0 Å². The number of carboxylic acid groups (broad SMARTS) is 1. The third kappa shape index (κ3) is 7.40. The summed E-state index contributed by atoms with van der Waals surface area (Å²) in [4.78, 5) is 21.9. The van der Waals surface area contributed by atoms with Gasteiger partial charge in [-0.15, -0.1) is 0 Å². The van der Waals surface area contributed by atoms with Gasteiger partial charge in [-0.1, -0.05) is 36.4 Å². The standard InChI is InChI=1S/C21H25NO5/c1-26-19-14-17(15-22-20(23)11-12-21(24)25)9-10-18(19)27-13-5-8-16-6-3-2-4-7-16/h2-4,6-7,9-10,14H,5,8,11-13,15H2,1H3,(H,22,23)(H,24,25)/p-1. The smallest absolute Gasteiger partial charge is 0.220 e. The molecule has 0 radical (unpaired) electrons. The third-order valence-corrected chi connectivity index (χ3v) is 3.98. The van der Waals surface area contributed by atoms with E-state index in [1.807, 2.05) is 30.3 Å². The molecule has 0 saturated carbocycles. The lowest BCUT2D eigenvalue weighted by molar-refractivity contribution is -0.305. The highest BCUT2D eigenvalue weighted by Crippen LogP contribution is 2.28. The third-order valence-electron chi connectivity index (χ3n) is 3.98. The molecule has 0 aromatic heterocycles. The average Bonchev–Trinajstić information content (AvgIpc) is 2.69. The van der Waals surface area contributed by atoms with Crippen LogP contribution < -0.4 is 19.9 Å². The molecule has 27 heavy (non-hydrogen) atoms. The van der Waals surface area contributed by atoms with E-state index in [4.69, 9.17) is 9.47 Å². The van der Waals surface area contributed by atoms with E-state index in [-0.39, 0.29) is 25.3 Å². The normalized spacial score (nSPS) is 10.3. The molecule has 6 heteroatoms. The number of aryl methyl sites for hydroxylation is 1. The van der Waals surface area contributed by atoms with Crippen molar-refractivity contribution < 1.29 is 24.2 Å². The van der Waals surface area contributed by atoms with Gasteiger partial charge < -0.3 is 24.7 Å². The van der Waals surface area contributed by atoms with Gasteiger partial charge in [-0.2, -0.15) is 0 Å². The summed E-state index contributed by atoms with van der Waals surface area (Å²) in [7, 11) is 1.56. The predicted molar refractivity (Wildman–Crippen MR) is 99.3 cm³/mol. The average molecular weight is 370 g/mol. The molecule has 0 unspecified atom stereocenters. The number of hydrogen-bond acceptors (Lipinski definition) is 5. The van der Waals surface area contributed by atoms with Crippen LogP contribution in [0.5, 0.6) is 11.5 Å². The number of aliphatic carboxylic acids is 1. The maximum absolute atomic E-state index is 11.6. The van der Waals surface area contributed by atoms with Crippen molar-refractivity contribution in [1.82, 2.24) is 5.32 Å². The molecular formula is C21H24NO5-. The van der Waals surface area contributed by atoms with Crippen molar-refractivity contribution in [2.45, 2.75) is 32.2 Å². The van der Waals surface area contributed by atoms with Gasteiger partial charge in [0, 0.05) is 18.9 Å². The summed E-state index contributed by atoms with van der Waals surface area (Å²) in [6.45, 7) is 0.862. The first-order chi connectivity index (χ1) is 13.1. The monoisotopic (exact) mass is 370 g/mol. The Hall–Kier alpha value is -3.02. The lowest BCUT2D eigenvalue weighted by atomic mass is 10.1. The van der Waals surface area contributed by atoms with E-state index in [1.54, 1.807) is 13.2 Å². The first-order valence-corrected chi connectivity index (χ1v) is 8.88. The van der Waals surface area contributed by atoms with E-state index in [0.29, 0.717) is 18.1 Å². The van der Waals surface area contributed by atoms with Gasteiger partial charge in [0.1, 0.15) is 0 Å². The number of amides is 1. The number of carbonyl (C=O) groups excluding carboxylic acids is 2. The van der Waals surface area contributed by atoms with E-state index in [1.165, 1.54) is 5.56 Å². The lowest BCUT2D eigenvalue weighted by Gasteiger charge is -2.13. The molecule has 0 fully saturated rings. The first-order valence-electron chi connectivity index (χ1n) is 8.88. The largest absolute Gasteiger partial charge is 0.550 e. The zero-order chi connectivity index (χ0) is 19.5. The predicted octanol–water partition coefficient (Wildman–Crippen LogP) is 1.85. The van der Waals surface area contributed by atoms with Gasteiger partial charge in [0.05, 0.1) is 13.7 Å². The molecule has 0 bridgehead atoms. The Kier molecular flexibility index (Phi) is 8.16. The van der Waals surface area contributed by atoms with Crippen molar-refractivity contribution in [2.75, 3.05) is 13.7 Å². The molecule has 0 saturated heterocycles. The molecule has 0 spiro atoms. The van der Waals surface area contributed by atoms with Crippen LogP contribution in [0.4, 0.5) is 0 Å². The minimum atomic E-state index is -1.24. The second kappa shape index (κ2) is 10.9. The van der Waals surface area contributed by atoms with Gasteiger partial charge in [0.15, 0.2) is 11.5 Å². The molecule has 0 aliphatic carbocycles. The van der Waals surface area contributed by atoms with Crippen LogP contribution in [0.3, 0.4) is 0 Å². The van der Waals surface area contributed by atoms with Crippen molar-refractivity contribution in [3.63, 3.8) is 0 Å². The molecule has 0 heterocycles.